The molecule has 2 unspecified atom stereocenters. The SMILES string of the molecule is CC1CCN(CC(=O)N(c2ccccc2)C(C)C)C1CO. The highest BCUT2D eigenvalue weighted by Gasteiger charge is 2.33. The minimum Gasteiger partial charge on any atom is -0.395 e. The van der Waals surface area contributed by atoms with E-state index in [0.29, 0.717) is 12.5 Å². The van der Waals surface area contributed by atoms with E-state index in [0.717, 1.165) is 18.7 Å². The maximum absolute atomic E-state index is 12.7. The average Bonchev–Trinajstić information content (AvgIpc) is 2.80. The molecule has 0 bridgehead atoms. The van der Waals surface area contributed by atoms with Crippen LogP contribution in [-0.2, 0) is 4.79 Å². The fourth-order valence-electron chi connectivity index (χ4n) is 3.15. The van der Waals surface area contributed by atoms with Crippen molar-refractivity contribution in [1.29, 1.82) is 0 Å². The monoisotopic (exact) mass is 290 g/mol. The number of aliphatic hydroxyl groups excluding tert-OH is 1. The van der Waals surface area contributed by atoms with E-state index in [1.165, 1.54) is 0 Å². The molecule has 4 nitrogen and oxygen atoms in total. The summed E-state index contributed by atoms with van der Waals surface area (Å²) in [6.45, 7) is 7.59. The lowest BCUT2D eigenvalue weighted by Gasteiger charge is -2.31. The molecule has 116 valence electrons. The number of benzene rings is 1. The van der Waals surface area contributed by atoms with Crippen molar-refractivity contribution in [2.45, 2.75) is 39.3 Å². The van der Waals surface area contributed by atoms with E-state index in [2.05, 4.69) is 11.8 Å². The topological polar surface area (TPSA) is 43.8 Å². The van der Waals surface area contributed by atoms with Crippen molar-refractivity contribution in [3.8, 4) is 0 Å². The van der Waals surface area contributed by atoms with Gasteiger partial charge in [-0.25, -0.2) is 0 Å². The molecule has 1 aliphatic heterocycles. The highest BCUT2D eigenvalue weighted by atomic mass is 16.3. The zero-order valence-corrected chi connectivity index (χ0v) is 13.2. The molecule has 1 saturated heterocycles. The first-order chi connectivity index (χ1) is 10.0. The molecule has 1 amide bonds. The molecule has 0 radical (unpaired) electrons. The van der Waals surface area contributed by atoms with Crippen molar-refractivity contribution in [2.75, 3.05) is 24.6 Å². The van der Waals surface area contributed by atoms with E-state index in [1.807, 2.05) is 49.1 Å². The molecule has 0 aromatic heterocycles. The van der Waals surface area contributed by atoms with Crippen LogP contribution >= 0.6 is 0 Å². The lowest BCUT2D eigenvalue weighted by atomic mass is 10.0. The van der Waals surface area contributed by atoms with Crippen LogP contribution in [0.4, 0.5) is 5.69 Å². The van der Waals surface area contributed by atoms with Gasteiger partial charge in [-0.3, -0.25) is 9.69 Å². The minimum atomic E-state index is 0.101. The van der Waals surface area contributed by atoms with Crippen molar-refractivity contribution in [2.24, 2.45) is 5.92 Å². The largest absolute Gasteiger partial charge is 0.395 e. The third kappa shape index (κ3) is 3.63. The minimum absolute atomic E-state index is 0.101. The molecule has 1 fully saturated rings. The van der Waals surface area contributed by atoms with E-state index >= 15 is 0 Å². The summed E-state index contributed by atoms with van der Waals surface area (Å²) in [5.41, 5.74) is 0.935. The lowest BCUT2D eigenvalue weighted by molar-refractivity contribution is -0.120. The summed E-state index contributed by atoms with van der Waals surface area (Å²) in [6.07, 6.45) is 1.05. The maximum Gasteiger partial charge on any atom is 0.241 e. The molecular formula is C17H26N2O2. The van der Waals surface area contributed by atoms with E-state index in [1.54, 1.807) is 0 Å². The molecular weight excluding hydrogens is 264 g/mol. The van der Waals surface area contributed by atoms with Gasteiger partial charge in [0.15, 0.2) is 0 Å². The second-order valence-corrected chi connectivity index (χ2v) is 6.18. The Morgan fingerprint density at radius 2 is 2.05 bits per heavy atom. The van der Waals surface area contributed by atoms with Crippen LogP contribution in [0, 0.1) is 5.92 Å². The number of nitrogens with zero attached hydrogens (tertiary/aromatic N) is 2. The van der Waals surface area contributed by atoms with E-state index in [9.17, 15) is 9.90 Å². The van der Waals surface area contributed by atoms with Crippen LogP contribution in [0.1, 0.15) is 27.2 Å². The number of hydrogen-bond acceptors (Lipinski definition) is 3. The van der Waals surface area contributed by atoms with Crippen LogP contribution in [0.15, 0.2) is 30.3 Å². The fraction of sp³-hybridized carbons (Fsp3) is 0.588. The molecule has 2 atom stereocenters. The third-order valence-corrected chi connectivity index (χ3v) is 4.34. The first-order valence-electron chi connectivity index (χ1n) is 7.76. The zero-order valence-electron chi connectivity index (χ0n) is 13.2. The molecule has 1 aromatic carbocycles. The lowest BCUT2D eigenvalue weighted by Crippen LogP contribution is -2.46. The Hall–Kier alpha value is -1.39. The summed E-state index contributed by atoms with van der Waals surface area (Å²) in [6, 6.07) is 10.0. The average molecular weight is 290 g/mol. The number of likely N-dealkylation sites (tertiary alicyclic amines) is 1. The van der Waals surface area contributed by atoms with Crippen molar-refractivity contribution < 1.29 is 9.90 Å². The van der Waals surface area contributed by atoms with Gasteiger partial charge in [0.05, 0.1) is 13.2 Å². The Bertz CT molecular complexity index is 461. The molecule has 0 aliphatic carbocycles. The Morgan fingerprint density at radius 1 is 1.38 bits per heavy atom. The van der Waals surface area contributed by atoms with Crippen molar-refractivity contribution in [3.05, 3.63) is 30.3 Å². The second kappa shape index (κ2) is 7.05. The van der Waals surface area contributed by atoms with Crippen molar-refractivity contribution >= 4 is 11.6 Å². The quantitative estimate of drug-likeness (QED) is 0.903. The second-order valence-electron chi connectivity index (χ2n) is 6.18. The van der Waals surface area contributed by atoms with Gasteiger partial charge in [0, 0.05) is 17.8 Å². The number of hydrogen-bond donors (Lipinski definition) is 1. The summed E-state index contributed by atoms with van der Waals surface area (Å²) >= 11 is 0. The molecule has 1 aliphatic rings. The summed E-state index contributed by atoms with van der Waals surface area (Å²) in [4.78, 5) is 16.7. The van der Waals surface area contributed by atoms with Crippen LogP contribution in [0.3, 0.4) is 0 Å². The molecule has 2 rings (SSSR count). The Labute approximate surface area is 127 Å². The van der Waals surface area contributed by atoms with Crippen LogP contribution in [0.25, 0.3) is 0 Å². The third-order valence-electron chi connectivity index (χ3n) is 4.34. The van der Waals surface area contributed by atoms with Gasteiger partial charge in [0.2, 0.25) is 5.91 Å². The first-order valence-corrected chi connectivity index (χ1v) is 7.76. The standard InChI is InChI=1S/C17H26N2O2/c1-13(2)19(15-7-5-4-6-8-15)17(21)11-18-10-9-14(3)16(18)12-20/h4-8,13-14,16,20H,9-12H2,1-3H3. The summed E-state index contributed by atoms with van der Waals surface area (Å²) in [7, 11) is 0. The number of para-hydroxylation sites is 1. The molecule has 21 heavy (non-hydrogen) atoms. The van der Waals surface area contributed by atoms with Crippen LogP contribution in [0.2, 0.25) is 0 Å². The fourth-order valence-corrected chi connectivity index (χ4v) is 3.15. The van der Waals surface area contributed by atoms with Gasteiger partial charge in [-0.05, 0) is 44.9 Å². The predicted octanol–water partition coefficient (Wildman–Crippen LogP) is 2.13. The molecule has 1 aromatic rings. The summed E-state index contributed by atoms with van der Waals surface area (Å²) in [5.74, 6) is 0.552. The van der Waals surface area contributed by atoms with Crippen molar-refractivity contribution in [1.82, 2.24) is 4.90 Å². The van der Waals surface area contributed by atoms with Gasteiger partial charge in [0.25, 0.3) is 0 Å². The summed E-state index contributed by atoms with van der Waals surface area (Å²) < 4.78 is 0. The number of carbonyl (C=O) groups is 1. The number of aliphatic hydroxyl groups is 1. The molecule has 0 spiro atoms. The Morgan fingerprint density at radius 3 is 2.62 bits per heavy atom. The molecule has 1 N–H and O–H groups in total. The van der Waals surface area contributed by atoms with Gasteiger partial charge >= 0.3 is 0 Å². The highest BCUT2D eigenvalue weighted by Crippen LogP contribution is 2.24. The molecule has 4 heteroatoms. The van der Waals surface area contributed by atoms with Crippen LogP contribution < -0.4 is 4.90 Å². The van der Waals surface area contributed by atoms with Gasteiger partial charge in [-0.15, -0.1) is 0 Å². The number of amides is 1. The van der Waals surface area contributed by atoms with E-state index in [-0.39, 0.29) is 24.6 Å². The van der Waals surface area contributed by atoms with Gasteiger partial charge in [-0.2, -0.15) is 0 Å². The molecule has 0 saturated carbocycles. The Kier molecular flexibility index (Phi) is 5.37. The normalized spacial score (nSPS) is 22.7. The smallest absolute Gasteiger partial charge is 0.241 e. The maximum atomic E-state index is 12.7. The van der Waals surface area contributed by atoms with Crippen LogP contribution in [-0.4, -0.2) is 47.7 Å². The van der Waals surface area contributed by atoms with E-state index in [4.69, 9.17) is 0 Å². The predicted molar refractivity (Wildman–Crippen MR) is 85.3 cm³/mol. The van der Waals surface area contributed by atoms with Gasteiger partial charge < -0.3 is 10.0 Å². The first kappa shape index (κ1) is 16.0. The van der Waals surface area contributed by atoms with Crippen molar-refractivity contribution in [3.63, 3.8) is 0 Å². The van der Waals surface area contributed by atoms with E-state index < -0.39 is 0 Å². The Balaban J connectivity index is 2.10. The number of carbonyl (C=O) groups excluding carboxylic acids is 1. The van der Waals surface area contributed by atoms with Crippen LogP contribution in [0.5, 0.6) is 0 Å². The van der Waals surface area contributed by atoms with Gasteiger partial charge in [0.1, 0.15) is 0 Å². The number of anilines is 1. The molecule has 1 heterocycles. The zero-order chi connectivity index (χ0) is 15.4. The number of rotatable bonds is 5. The highest BCUT2D eigenvalue weighted by molar-refractivity contribution is 5.95. The summed E-state index contributed by atoms with van der Waals surface area (Å²) in [5, 5.41) is 9.52. The van der Waals surface area contributed by atoms with Gasteiger partial charge in [-0.1, -0.05) is 25.1 Å².